The largest absolute Gasteiger partial charge is 0.493 e. The minimum Gasteiger partial charge on any atom is -0.493 e. The Morgan fingerprint density at radius 3 is 2.31 bits per heavy atom. The molecule has 0 spiro atoms. The summed E-state index contributed by atoms with van der Waals surface area (Å²) >= 11 is 0. The number of rotatable bonds is 6. The van der Waals surface area contributed by atoms with Gasteiger partial charge in [0.25, 0.3) is 6.47 Å². The van der Waals surface area contributed by atoms with Gasteiger partial charge in [0, 0.05) is 42.7 Å². The summed E-state index contributed by atoms with van der Waals surface area (Å²) in [6, 6.07) is 11.9. The molecule has 2 aliphatic rings. The fourth-order valence-corrected chi connectivity index (χ4v) is 5.08. The molecule has 2 aromatic carbocycles. The number of amides is 2. The molecule has 0 saturated carbocycles. The number of ether oxygens (including phenoxy) is 3. The molecule has 2 aliphatic heterocycles. The van der Waals surface area contributed by atoms with Gasteiger partial charge < -0.3 is 29.7 Å². The van der Waals surface area contributed by atoms with Gasteiger partial charge in [0.2, 0.25) is 0 Å². The van der Waals surface area contributed by atoms with Crippen LogP contribution in [0.2, 0.25) is 0 Å². The molecule has 10 nitrogen and oxygen atoms in total. The monoisotopic (exact) mass is 575 g/mol. The number of anilines is 1. The molecular formula is C32H41N5O5. The van der Waals surface area contributed by atoms with Crippen LogP contribution >= 0.6 is 0 Å². The SMILES string of the molecule is CC(C)(C)OC=O.COc1cc2ncnc(C3CCN(C(=O)Nc4ccc(C5=CCNCC5)cc4)CC3)c2cc1OC. The molecule has 5 rings (SSSR count). The van der Waals surface area contributed by atoms with Crippen LogP contribution in [0, 0.1) is 0 Å². The number of nitrogens with zero attached hydrogens (tertiary/aromatic N) is 3. The van der Waals surface area contributed by atoms with Crippen molar-refractivity contribution >= 4 is 34.7 Å². The Hall–Kier alpha value is -4.18. The lowest BCUT2D eigenvalue weighted by atomic mass is 9.91. The number of likely N-dealkylation sites (tertiary alicyclic amines) is 1. The molecule has 2 N–H and O–H groups in total. The highest BCUT2D eigenvalue weighted by molar-refractivity contribution is 5.90. The van der Waals surface area contributed by atoms with Crippen molar-refractivity contribution in [3.8, 4) is 11.5 Å². The minimum absolute atomic E-state index is 0.0590. The van der Waals surface area contributed by atoms with E-state index in [9.17, 15) is 9.59 Å². The molecule has 0 bridgehead atoms. The third kappa shape index (κ3) is 7.97. The van der Waals surface area contributed by atoms with Crippen molar-refractivity contribution in [1.82, 2.24) is 20.2 Å². The van der Waals surface area contributed by atoms with E-state index < -0.39 is 0 Å². The van der Waals surface area contributed by atoms with Gasteiger partial charge in [-0.05, 0) is 75.9 Å². The lowest BCUT2D eigenvalue weighted by Gasteiger charge is -2.32. The zero-order valence-corrected chi connectivity index (χ0v) is 25.1. The summed E-state index contributed by atoms with van der Waals surface area (Å²) in [7, 11) is 3.25. The first-order chi connectivity index (χ1) is 20.2. The van der Waals surface area contributed by atoms with Crippen LogP contribution in [0.25, 0.3) is 16.5 Å². The van der Waals surface area contributed by atoms with Gasteiger partial charge in [-0.2, -0.15) is 0 Å². The zero-order chi connectivity index (χ0) is 30.1. The van der Waals surface area contributed by atoms with Crippen LogP contribution in [0.3, 0.4) is 0 Å². The fourth-order valence-electron chi connectivity index (χ4n) is 5.08. The first-order valence-electron chi connectivity index (χ1n) is 14.3. The number of carbonyl (C=O) groups excluding carboxylic acids is 2. The molecule has 224 valence electrons. The number of hydrogen-bond acceptors (Lipinski definition) is 8. The molecule has 0 unspecified atom stereocenters. The van der Waals surface area contributed by atoms with Gasteiger partial charge in [-0.1, -0.05) is 18.2 Å². The smallest absolute Gasteiger partial charge is 0.321 e. The molecule has 0 atom stereocenters. The van der Waals surface area contributed by atoms with Crippen molar-refractivity contribution in [3.05, 3.63) is 60.1 Å². The van der Waals surface area contributed by atoms with Gasteiger partial charge in [-0.15, -0.1) is 0 Å². The first-order valence-corrected chi connectivity index (χ1v) is 14.3. The fraction of sp³-hybridized carbons (Fsp3) is 0.438. The highest BCUT2D eigenvalue weighted by atomic mass is 16.5. The molecule has 0 aliphatic carbocycles. The Bertz CT molecular complexity index is 1390. The summed E-state index contributed by atoms with van der Waals surface area (Å²) in [4.78, 5) is 33.4. The predicted molar refractivity (Wildman–Crippen MR) is 164 cm³/mol. The van der Waals surface area contributed by atoms with Crippen LogP contribution in [-0.4, -0.2) is 73.4 Å². The quantitative estimate of drug-likeness (QED) is 0.376. The molecular weight excluding hydrogens is 534 g/mol. The Kier molecular flexibility index (Phi) is 10.4. The van der Waals surface area contributed by atoms with E-state index in [1.807, 2.05) is 49.9 Å². The van der Waals surface area contributed by atoms with Crippen molar-refractivity contribution < 1.29 is 23.8 Å². The number of urea groups is 1. The van der Waals surface area contributed by atoms with Crippen LogP contribution < -0.4 is 20.1 Å². The molecule has 0 radical (unpaired) electrons. The highest BCUT2D eigenvalue weighted by Gasteiger charge is 2.26. The molecule has 2 amide bonds. The summed E-state index contributed by atoms with van der Waals surface area (Å²) in [6.07, 6.45) is 6.55. The number of carbonyl (C=O) groups is 2. The first kappa shape index (κ1) is 30.8. The van der Waals surface area contributed by atoms with E-state index in [1.54, 1.807) is 20.5 Å². The minimum atomic E-state index is -0.318. The van der Waals surface area contributed by atoms with Crippen molar-refractivity contribution in [3.63, 3.8) is 0 Å². The van der Waals surface area contributed by atoms with Crippen LogP contribution in [0.15, 0.2) is 48.8 Å². The average molecular weight is 576 g/mol. The Morgan fingerprint density at radius 2 is 1.74 bits per heavy atom. The molecule has 1 saturated heterocycles. The van der Waals surface area contributed by atoms with Crippen molar-refractivity contribution in [2.24, 2.45) is 0 Å². The van der Waals surface area contributed by atoms with Gasteiger partial charge in [0.05, 0.1) is 25.4 Å². The van der Waals surface area contributed by atoms with E-state index in [-0.39, 0.29) is 17.6 Å². The number of piperidine rings is 1. The topological polar surface area (TPSA) is 115 Å². The number of benzene rings is 2. The predicted octanol–water partition coefficient (Wildman–Crippen LogP) is 5.39. The summed E-state index contributed by atoms with van der Waals surface area (Å²) in [6.45, 7) is 9.19. The third-order valence-electron chi connectivity index (χ3n) is 7.31. The van der Waals surface area contributed by atoms with Crippen molar-refractivity contribution in [2.75, 3.05) is 45.7 Å². The van der Waals surface area contributed by atoms with E-state index in [2.05, 4.69) is 43.5 Å². The summed E-state index contributed by atoms with van der Waals surface area (Å²) in [5, 5.41) is 7.36. The van der Waals surface area contributed by atoms with Crippen molar-refractivity contribution in [2.45, 2.75) is 51.6 Å². The van der Waals surface area contributed by atoms with E-state index in [4.69, 9.17) is 9.47 Å². The summed E-state index contributed by atoms with van der Waals surface area (Å²) in [5.74, 6) is 1.56. The van der Waals surface area contributed by atoms with E-state index in [0.29, 0.717) is 31.1 Å². The Morgan fingerprint density at radius 1 is 1.05 bits per heavy atom. The second-order valence-electron chi connectivity index (χ2n) is 11.3. The number of fused-ring (bicyclic) bond motifs is 1. The standard InChI is InChI=1S/C27H31N5O3.C5H10O2/c1-34-24-15-22-23(16-25(24)35-2)29-17-30-26(22)20-9-13-32(14-10-20)27(33)31-21-5-3-18(4-6-21)19-7-11-28-12-8-19;1-5(2,3)7-4-6/h3-7,15-17,20,28H,8-14H2,1-2H3,(H,31,33);4H,1-3H3. The maximum Gasteiger partial charge on any atom is 0.321 e. The Labute approximate surface area is 247 Å². The number of methoxy groups -OCH3 is 2. The molecule has 3 heterocycles. The maximum absolute atomic E-state index is 12.9. The summed E-state index contributed by atoms with van der Waals surface area (Å²) < 4.78 is 15.4. The maximum atomic E-state index is 12.9. The normalized spacial score (nSPS) is 15.6. The second kappa shape index (κ2) is 14.1. The Balaban J connectivity index is 0.000000517. The van der Waals surface area contributed by atoms with Gasteiger partial charge in [-0.25, -0.2) is 14.8 Å². The zero-order valence-electron chi connectivity index (χ0n) is 25.1. The van der Waals surface area contributed by atoms with Crippen molar-refractivity contribution in [1.29, 1.82) is 0 Å². The van der Waals surface area contributed by atoms with Gasteiger partial charge >= 0.3 is 6.03 Å². The van der Waals surface area contributed by atoms with Crippen LogP contribution in [0.4, 0.5) is 10.5 Å². The molecule has 3 aromatic rings. The van der Waals surface area contributed by atoms with E-state index >= 15 is 0 Å². The molecule has 10 heteroatoms. The van der Waals surface area contributed by atoms with Crippen LogP contribution in [0.5, 0.6) is 11.5 Å². The number of nitrogens with one attached hydrogen (secondary N) is 2. The highest BCUT2D eigenvalue weighted by Crippen LogP contribution is 2.36. The van der Waals surface area contributed by atoms with Gasteiger partial charge in [0.1, 0.15) is 11.9 Å². The van der Waals surface area contributed by atoms with E-state index in [1.165, 1.54) is 11.1 Å². The lowest BCUT2D eigenvalue weighted by Crippen LogP contribution is -2.40. The number of hydrogen-bond donors (Lipinski definition) is 2. The van der Waals surface area contributed by atoms with Crippen LogP contribution in [0.1, 0.15) is 57.2 Å². The lowest BCUT2D eigenvalue weighted by molar-refractivity contribution is -0.138. The third-order valence-corrected chi connectivity index (χ3v) is 7.31. The second-order valence-corrected chi connectivity index (χ2v) is 11.3. The molecule has 42 heavy (non-hydrogen) atoms. The van der Waals surface area contributed by atoms with Gasteiger partial charge in [-0.3, -0.25) is 4.79 Å². The molecule has 1 aromatic heterocycles. The molecule has 1 fully saturated rings. The summed E-state index contributed by atoms with van der Waals surface area (Å²) in [5.41, 5.74) is 4.91. The van der Waals surface area contributed by atoms with E-state index in [0.717, 1.165) is 54.6 Å². The average Bonchev–Trinajstić information content (AvgIpc) is 3.00. The number of aromatic nitrogens is 2. The van der Waals surface area contributed by atoms with Gasteiger partial charge in [0.15, 0.2) is 11.5 Å². The van der Waals surface area contributed by atoms with Crippen LogP contribution in [-0.2, 0) is 9.53 Å².